The van der Waals surface area contributed by atoms with Crippen molar-refractivity contribution < 1.29 is 9.21 Å². The van der Waals surface area contributed by atoms with Crippen molar-refractivity contribution in [1.82, 2.24) is 15.6 Å². The monoisotopic (exact) mass is 317 g/mol. The summed E-state index contributed by atoms with van der Waals surface area (Å²) in [6, 6.07) is 9.89. The summed E-state index contributed by atoms with van der Waals surface area (Å²) >= 11 is 1.74. The van der Waals surface area contributed by atoms with Crippen LogP contribution in [0.2, 0.25) is 0 Å². The molecule has 0 bridgehead atoms. The Morgan fingerprint density at radius 2 is 2.27 bits per heavy atom. The van der Waals surface area contributed by atoms with Gasteiger partial charge < -0.3 is 9.73 Å². The normalized spacial score (nSPS) is 17.6. The number of aromatic nitrogens is 1. The van der Waals surface area contributed by atoms with Gasteiger partial charge >= 0.3 is 0 Å². The molecule has 2 heterocycles. The summed E-state index contributed by atoms with van der Waals surface area (Å²) in [4.78, 5) is 16.4. The van der Waals surface area contributed by atoms with Gasteiger partial charge in [0.1, 0.15) is 11.5 Å². The molecular formula is C16H19N3O2S. The molecule has 1 unspecified atom stereocenters. The zero-order chi connectivity index (χ0) is 15.4. The van der Waals surface area contributed by atoms with Crippen LogP contribution in [0.5, 0.6) is 0 Å². The summed E-state index contributed by atoms with van der Waals surface area (Å²) in [6.07, 6.45) is 0.636. The first kappa shape index (κ1) is 15.1. The predicted molar refractivity (Wildman–Crippen MR) is 87.6 cm³/mol. The van der Waals surface area contributed by atoms with Crippen LogP contribution < -0.4 is 10.6 Å². The molecule has 3 rings (SSSR count). The second kappa shape index (κ2) is 6.98. The van der Waals surface area contributed by atoms with E-state index >= 15 is 0 Å². The van der Waals surface area contributed by atoms with Crippen molar-refractivity contribution >= 4 is 17.7 Å². The minimum atomic E-state index is -0.0740. The van der Waals surface area contributed by atoms with Gasteiger partial charge in [0.05, 0.1) is 6.04 Å². The zero-order valence-corrected chi connectivity index (χ0v) is 13.3. The fourth-order valence-corrected chi connectivity index (χ4v) is 3.39. The highest BCUT2D eigenvalue weighted by Gasteiger charge is 2.22. The van der Waals surface area contributed by atoms with Gasteiger partial charge in [0.2, 0.25) is 5.91 Å². The van der Waals surface area contributed by atoms with Gasteiger partial charge in [-0.15, -0.1) is 11.8 Å². The maximum Gasteiger partial charge on any atom is 0.238 e. The van der Waals surface area contributed by atoms with Crippen LogP contribution in [0.15, 0.2) is 34.7 Å². The van der Waals surface area contributed by atoms with Crippen LogP contribution >= 0.6 is 11.8 Å². The summed E-state index contributed by atoms with van der Waals surface area (Å²) in [6.45, 7) is 2.39. The molecule has 1 aromatic carbocycles. The minimum absolute atomic E-state index is 0.0579. The van der Waals surface area contributed by atoms with Crippen LogP contribution in [0, 0.1) is 6.92 Å². The fourth-order valence-electron chi connectivity index (χ4n) is 2.45. The number of benzene rings is 1. The van der Waals surface area contributed by atoms with Gasteiger partial charge in [0.25, 0.3) is 0 Å². The number of rotatable bonds is 5. The maximum atomic E-state index is 12.0. The molecule has 1 aliphatic heterocycles. The minimum Gasteiger partial charge on any atom is -0.445 e. The molecule has 0 aliphatic carbocycles. The Bertz CT molecular complexity index is 636. The average molecular weight is 317 g/mol. The molecule has 0 radical (unpaired) electrons. The van der Waals surface area contributed by atoms with Crippen LogP contribution in [0.25, 0.3) is 11.3 Å². The van der Waals surface area contributed by atoms with Crippen LogP contribution in [0.4, 0.5) is 0 Å². The SMILES string of the molecule is Cc1nc(-c2ccccc2)c(CCNC(=O)C2CSCN2)o1. The molecule has 1 fully saturated rings. The molecule has 1 atom stereocenters. The van der Waals surface area contributed by atoms with Gasteiger partial charge in [-0.1, -0.05) is 30.3 Å². The van der Waals surface area contributed by atoms with Crippen molar-refractivity contribution in [3.63, 3.8) is 0 Å². The van der Waals surface area contributed by atoms with Gasteiger partial charge in [-0.05, 0) is 0 Å². The number of hydrogen-bond acceptors (Lipinski definition) is 5. The fraction of sp³-hybridized carbons (Fsp3) is 0.375. The van der Waals surface area contributed by atoms with E-state index in [0.29, 0.717) is 18.9 Å². The molecule has 1 amide bonds. The van der Waals surface area contributed by atoms with Crippen LogP contribution in [-0.4, -0.2) is 35.1 Å². The first-order chi connectivity index (χ1) is 10.7. The Kier molecular flexibility index (Phi) is 4.80. The largest absolute Gasteiger partial charge is 0.445 e. The van der Waals surface area contributed by atoms with Crippen molar-refractivity contribution in [2.75, 3.05) is 18.2 Å². The van der Waals surface area contributed by atoms with E-state index in [0.717, 1.165) is 28.6 Å². The van der Waals surface area contributed by atoms with E-state index < -0.39 is 0 Å². The molecular weight excluding hydrogens is 298 g/mol. The molecule has 5 nitrogen and oxygen atoms in total. The van der Waals surface area contributed by atoms with Gasteiger partial charge in [0.15, 0.2) is 5.89 Å². The molecule has 1 saturated heterocycles. The Balaban J connectivity index is 1.62. The smallest absolute Gasteiger partial charge is 0.238 e. The third-order valence-corrected chi connectivity index (χ3v) is 4.48. The Morgan fingerprint density at radius 1 is 1.45 bits per heavy atom. The first-order valence-corrected chi connectivity index (χ1v) is 8.50. The third-order valence-electron chi connectivity index (χ3n) is 3.54. The lowest BCUT2D eigenvalue weighted by Gasteiger charge is -2.09. The molecule has 1 aliphatic rings. The van der Waals surface area contributed by atoms with E-state index in [1.807, 2.05) is 37.3 Å². The molecule has 2 aromatic rings. The molecule has 1 aromatic heterocycles. The molecule has 22 heavy (non-hydrogen) atoms. The summed E-state index contributed by atoms with van der Waals surface area (Å²) in [7, 11) is 0. The van der Waals surface area contributed by atoms with Crippen molar-refractivity contribution in [3.05, 3.63) is 42.0 Å². The molecule has 0 saturated carbocycles. The number of aryl methyl sites for hydroxylation is 1. The molecule has 0 spiro atoms. The highest BCUT2D eigenvalue weighted by molar-refractivity contribution is 7.99. The number of carbonyl (C=O) groups is 1. The highest BCUT2D eigenvalue weighted by Crippen LogP contribution is 2.23. The number of oxazole rings is 1. The van der Waals surface area contributed by atoms with E-state index in [4.69, 9.17) is 4.42 Å². The van der Waals surface area contributed by atoms with Gasteiger partial charge in [-0.2, -0.15) is 0 Å². The lowest BCUT2D eigenvalue weighted by Crippen LogP contribution is -2.42. The number of thioether (sulfide) groups is 1. The summed E-state index contributed by atoms with van der Waals surface area (Å²) < 4.78 is 5.69. The van der Waals surface area contributed by atoms with Gasteiger partial charge in [-0.25, -0.2) is 4.98 Å². The number of nitrogens with zero attached hydrogens (tertiary/aromatic N) is 1. The van der Waals surface area contributed by atoms with Crippen molar-refractivity contribution in [3.8, 4) is 11.3 Å². The molecule has 2 N–H and O–H groups in total. The van der Waals surface area contributed by atoms with Crippen LogP contribution in [-0.2, 0) is 11.2 Å². The second-order valence-corrected chi connectivity index (χ2v) is 6.21. The van der Waals surface area contributed by atoms with Crippen LogP contribution in [0.3, 0.4) is 0 Å². The number of amides is 1. The van der Waals surface area contributed by atoms with Crippen molar-refractivity contribution in [2.24, 2.45) is 0 Å². The first-order valence-electron chi connectivity index (χ1n) is 7.34. The molecule has 116 valence electrons. The van der Waals surface area contributed by atoms with Crippen molar-refractivity contribution in [2.45, 2.75) is 19.4 Å². The van der Waals surface area contributed by atoms with E-state index in [1.54, 1.807) is 11.8 Å². The lowest BCUT2D eigenvalue weighted by atomic mass is 10.1. The predicted octanol–water partition coefficient (Wildman–Crippen LogP) is 1.97. The highest BCUT2D eigenvalue weighted by atomic mass is 32.2. The summed E-state index contributed by atoms with van der Waals surface area (Å²) in [5.74, 6) is 3.20. The van der Waals surface area contributed by atoms with Crippen LogP contribution in [0.1, 0.15) is 11.7 Å². The van der Waals surface area contributed by atoms with E-state index in [9.17, 15) is 4.79 Å². The summed E-state index contributed by atoms with van der Waals surface area (Å²) in [5.41, 5.74) is 1.90. The summed E-state index contributed by atoms with van der Waals surface area (Å²) in [5, 5.41) is 6.12. The topological polar surface area (TPSA) is 67.2 Å². The Labute approximate surface area is 133 Å². The van der Waals surface area contributed by atoms with E-state index in [2.05, 4.69) is 15.6 Å². The zero-order valence-electron chi connectivity index (χ0n) is 12.5. The Hall–Kier alpha value is -1.79. The number of hydrogen-bond donors (Lipinski definition) is 2. The molecule has 6 heteroatoms. The second-order valence-electron chi connectivity index (χ2n) is 5.18. The van der Waals surface area contributed by atoms with E-state index in [-0.39, 0.29) is 11.9 Å². The number of nitrogens with one attached hydrogen (secondary N) is 2. The average Bonchev–Trinajstić information content (AvgIpc) is 3.18. The Morgan fingerprint density at radius 3 is 3.00 bits per heavy atom. The van der Waals surface area contributed by atoms with Crippen molar-refractivity contribution in [1.29, 1.82) is 0 Å². The maximum absolute atomic E-state index is 12.0. The standard InChI is InChI=1S/C16H19N3O2S/c1-11-19-15(12-5-3-2-4-6-12)14(21-11)7-8-17-16(20)13-9-22-10-18-13/h2-6,13,18H,7-10H2,1H3,(H,17,20). The third kappa shape index (κ3) is 3.51. The van der Waals surface area contributed by atoms with Gasteiger partial charge in [0, 0.05) is 37.1 Å². The quantitative estimate of drug-likeness (QED) is 0.882. The number of carbonyl (C=O) groups excluding carboxylic acids is 1. The van der Waals surface area contributed by atoms with E-state index in [1.165, 1.54) is 0 Å². The van der Waals surface area contributed by atoms with Gasteiger partial charge in [-0.3, -0.25) is 10.1 Å². The lowest BCUT2D eigenvalue weighted by molar-refractivity contribution is -0.122.